The summed E-state index contributed by atoms with van der Waals surface area (Å²) in [6.07, 6.45) is 4.44. The van der Waals surface area contributed by atoms with Gasteiger partial charge in [-0.3, -0.25) is 4.79 Å². The number of aliphatic hydroxyl groups is 1. The molecule has 0 aromatic carbocycles. The molecule has 0 radical (unpaired) electrons. The molecule has 0 aliphatic carbocycles. The third kappa shape index (κ3) is 5.50. The average Bonchev–Trinajstić information content (AvgIpc) is 1.97. The van der Waals surface area contributed by atoms with E-state index >= 15 is 0 Å². The first-order chi connectivity index (χ1) is 4.81. The molecule has 58 valence electrons. The van der Waals surface area contributed by atoms with Crippen LogP contribution in [-0.4, -0.2) is 23.0 Å². The lowest BCUT2D eigenvalue weighted by Crippen LogP contribution is -2.16. The number of hydrogen-bond acceptors (Lipinski definition) is 3. The first-order valence-corrected chi connectivity index (χ1v) is 4.28. The number of aliphatic hydroxyl groups excluding tert-OH is 1. The summed E-state index contributed by atoms with van der Waals surface area (Å²) in [4.78, 5) is 10.7. The minimum Gasteiger partial charge on any atom is -0.514 e. The van der Waals surface area contributed by atoms with Crippen LogP contribution in [0.1, 0.15) is 6.42 Å². The smallest absolute Gasteiger partial charge is 0.224 e. The van der Waals surface area contributed by atoms with Crippen LogP contribution in [0, 0.1) is 0 Å². The lowest BCUT2D eigenvalue weighted by Gasteiger charge is -1.95. The Morgan fingerprint density at radius 2 is 2.50 bits per heavy atom. The summed E-state index contributed by atoms with van der Waals surface area (Å²) in [7, 11) is 0. The largest absolute Gasteiger partial charge is 0.514 e. The Labute approximate surface area is 64.5 Å². The Morgan fingerprint density at radius 3 is 3.00 bits per heavy atom. The van der Waals surface area contributed by atoms with E-state index in [9.17, 15) is 4.79 Å². The van der Waals surface area contributed by atoms with Crippen LogP contribution in [0.2, 0.25) is 0 Å². The maximum atomic E-state index is 10.7. The molecule has 0 aromatic heterocycles. The van der Waals surface area contributed by atoms with E-state index in [1.807, 2.05) is 6.26 Å². The molecule has 0 aliphatic rings. The van der Waals surface area contributed by atoms with Crippen molar-refractivity contribution < 1.29 is 9.90 Å². The van der Waals surface area contributed by atoms with Gasteiger partial charge in [0.15, 0.2) is 0 Å². The summed E-state index contributed by atoms with van der Waals surface area (Å²) < 4.78 is 0. The van der Waals surface area contributed by atoms with E-state index in [2.05, 4.69) is 5.32 Å². The number of hydrogen-bond donors (Lipinski definition) is 2. The van der Waals surface area contributed by atoms with Gasteiger partial charge in [-0.05, 0) is 6.26 Å². The molecule has 0 atom stereocenters. The van der Waals surface area contributed by atoms with Gasteiger partial charge < -0.3 is 10.4 Å². The van der Waals surface area contributed by atoms with Gasteiger partial charge in [-0.2, -0.15) is 11.8 Å². The molecule has 0 saturated heterocycles. The van der Waals surface area contributed by atoms with Crippen LogP contribution in [-0.2, 0) is 4.79 Å². The van der Waals surface area contributed by atoms with E-state index in [-0.39, 0.29) is 5.91 Å². The van der Waals surface area contributed by atoms with Gasteiger partial charge in [-0.1, -0.05) is 0 Å². The molecule has 0 rings (SSSR count). The van der Waals surface area contributed by atoms with Crippen molar-refractivity contribution in [2.24, 2.45) is 0 Å². The van der Waals surface area contributed by atoms with Crippen molar-refractivity contribution in [3.63, 3.8) is 0 Å². The Kier molecular flexibility index (Phi) is 6.06. The van der Waals surface area contributed by atoms with E-state index in [0.29, 0.717) is 6.42 Å². The highest BCUT2D eigenvalue weighted by molar-refractivity contribution is 7.98. The number of carbonyl (C=O) groups excluding carboxylic acids is 1. The minimum absolute atomic E-state index is 0.0698. The fourth-order valence-corrected chi connectivity index (χ4v) is 0.787. The molecule has 0 aromatic rings. The highest BCUT2D eigenvalue weighted by Gasteiger charge is 1.94. The number of nitrogens with one attached hydrogen (secondary N) is 1. The average molecular weight is 161 g/mol. The van der Waals surface area contributed by atoms with Crippen LogP contribution < -0.4 is 5.32 Å². The molecule has 0 bridgehead atoms. The molecule has 1 amide bonds. The van der Waals surface area contributed by atoms with Gasteiger partial charge >= 0.3 is 0 Å². The Hall–Kier alpha value is -0.640. The van der Waals surface area contributed by atoms with E-state index in [1.54, 1.807) is 11.8 Å². The minimum atomic E-state index is -0.0698. The van der Waals surface area contributed by atoms with Gasteiger partial charge in [0.1, 0.15) is 0 Å². The molecule has 3 nitrogen and oxygen atoms in total. The number of rotatable bonds is 4. The van der Waals surface area contributed by atoms with Crippen molar-refractivity contribution in [1.29, 1.82) is 0 Å². The number of amides is 1. The molecule has 0 heterocycles. The van der Waals surface area contributed by atoms with Crippen molar-refractivity contribution in [3.05, 3.63) is 12.5 Å². The monoisotopic (exact) mass is 161 g/mol. The summed E-state index contributed by atoms with van der Waals surface area (Å²) >= 11 is 1.62. The second kappa shape index (κ2) is 6.48. The Balaban J connectivity index is 3.25. The zero-order valence-electron chi connectivity index (χ0n) is 5.83. The zero-order chi connectivity index (χ0) is 7.82. The van der Waals surface area contributed by atoms with Crippen LogP contribution in [0.15, 0.2) is 12.5 Å². The quantitative estimate of drug-likeness (QED) is 0.602. The van der Waals surface area contributed by atoms with Gasteiger partial charge in [0.25, 0.3) is 0 Å². The summed E-state index contributed by atoms with van der Waals surface area (Å²) in [6.45, 7) is 0. The molecule has 0 unspecified atom stereocenters. The molecule has 2 N–H and O–H groups in total. The summed E-state index contributed by atoms with van der Waals surface area (Å²) in [5, 5.41) is 10.5. The van der Waals surface area contributed by atoms with E-state index < -0.39 is 0 Å². The van der Waals surface area contributed by atoms with Gasteiger partial charge in [0.2, 0.25) is 5.91 Å². The second-order valence-corrected chi connectivity index (χ2v) is 2.61. The van der Waals surface area contributed by atoms with Gasteiger partial charge in [-0.15, -0.1) is 0 Å². The van der Waals surface area contributed by atoms with Crippen LogP contribution in [0.4, 0.5) is 0 Å². The van der Waals surface area contributed by atoms with E-state index in [1.165, 1.54) is 6.20 Å². The maximum absolute atomic E-state index is 10.7. The molecular weight excluding hydrogens is 150 g/mol. The maximum Gasteiger partial charge on any atom is 0.224 e. The summed E-state index contributed by atoms with van der Waals surface area (Å²) in [5.74, 6) is 0.741. The van der Waals surface area contributed by atoms with Crippen LogP contribution in [0.3, 0.4) is 0 Å². The van der Waals surface area contributed by atoms with Gasteiger partial charge in [0, 0.05) is 18.4 Å². The molecule has 0 aliphatic heterocycles. The van der Waals surface area contributed by atoms with Crippen molar-refractivity contribution in [2.75, 3.05) is 12.0 Å². The van der Waals surface area contributed by atoms with Gasteiger partial charge in [-0.25, -0.2) is 0 Å². The molecule has 4 heteroatoms. The van der Waals surface area contributed by atoms with E-state index in [0.717, 1.165) is 12.0 Å². The highest BCUT2D eigenvalue weighted by atomic mass is 32.2. The normalized spacial score (nSPS) is 10.1. The Morgan fingerprint density at radius 1 is 1.80 bits per heavy atom. The molecule has 0 spiro atoms. The molecular formula is C6H11NO2S. The van der Waals surface area contributed by atoms with Gasteiger partial charge in [0.05, 0.1) is 6.26 Å². The standard InChI is InChI=1S/C6H11NO2S/c1-10-5-2-6(9)7-3-4-8/h3-4,8H,2,5H2,1H3,(H,7,9)/b4-3-. The third-order valence-electron chi connectivity index (χ3n) is 0.852. The topological polar surface area (TPSA) is 49.3 Å². The van der Waals surface area contributed by atoms with Crippen LogP contribution in [0.25, 0.3) is 0 Å². The summed E-state index contributed by atoms with van der Waals surface area (Å²) in [5.41, 5.74) is 0. The molecule has 0 fully saturated rings. The van der Waals surface area contributed by atoms with Crippen molar-refractivity contribution in [1.82, 2.24) is 5.32 Å². The van der Waals surface area contributed by atoms with Crippen molar-refractivity contribution in [3.8, 4) is 0 Å². The van der Waals surface area contributed by atoms with Crippen LogP contribution >= 0.6 is 11.8 Å². The fraction of sp³-hybridized carbons (Fsp3) is 0.500. The first-order valence-electron chi connectivity index (χ1n) is 2.88. The number of thioether (sulfide) groups is 1. The predicted molar refractivity (Wildman–Crippen MR) is 42.9 cm³/mol. The first kappa shape index (κ1) is 9.36. The number of carbonyl (C=O) groups is 1. The Bertz CT molecular complexity index is 125. The van der Waals surface area contributed by atoms with Crippen molar-refractivity contribution in [2.45, 2.75) is 6.42 Å². The van der Waals surface area contributed by atoms with Crippen LogP contribution in [0.5, 0.6) is 0 Å². The molecule has 0 saturated carbocycles. The lowest BCUT2D eigenvalue weighted by atomic mass is 10.4. The summed E-state index contributed by atoms with van der Waals surface area (Å²) in [6, 6.07) is 0. The predicted octanol–water partition coefficient (Wildman–Crippen LogP) is 0.885. The lowest BCUT2D eigenvalue weighted by molar-refractivity contribution is -0.119. The van der Waals surface area contributed by atoms with E-state index in [4.69, 9.17) is 5.11 Å². The zero-order valence-corrected chi connectivity index (χ0v) is 6.65. The van der Waals surface area contributed by atoms with Crippen molar-refractivity contribution >= 4 is 17.7 Å². The SMILES string of the molecule is CSCCC(=O)N/C=C\O. The molecule has 10 heavy (non-hydrogen) atoms. The second-order valence-electron chi connectivity index (χ2n) is 1.63. The fourth-order valence-electron chi connectivity index (χ4n) is 0.397. The third-order valence-corrected chi connectivity index (χ3v) is 1.46. The highest BCUT2D eigenvalue weighted by Crippen LogP contribution is 1.94.